The Morgan fingerprint density at radius 3 is 2.64 bits per heavy atom. The molecule has 0 saturated carbocycles. The van der Waals surface area contributed by atoms with E-state index in [9.17, 15) is 0 Å². The van der Waals surface area contributed by atoms with E-state index < -0.39 is 0 Å². The molecule has 0 bridgehead atoms. The van der Waals surface area contributed by atoms with Gasteiger partial charge in [0.05, 0.1) is 0 Å². The molecule has 0 amide bonds. The van der Waals surface area contributed by atoms with Crippen LogP contribution in [0.3, 0.4) is 0 Å². The Morgan fingerprint density at radius 2 is 2.18 bits per heavy atom. The average Bonchev–Trinajstić information content (AvgIpc) is 2.04. The Bertz CT molecular complexity index is 198. The second-order valence-electron chi connectivity index (χ2n) is 3.54. The van der Waals surface area contributed by atoms with Gasteiger partial charge in [0, 0.05) is 0 Å². The molecule has 2 rings (SSSR count). The monoisotopic (exact) mass is 141 g/mol. The van der Waals surface area contributed by atoms with E-state index in [1.165, 1.54) is 6.42 Å². The van der Waals surface area contributed by atoms with Gasteiger partial charge in [-0.3, -0.25) is 0 Å². The molecule has 3 atom stereocenters. The van der Waals surface area contributed by atoms with Gasteiger partial charge in [0.1, 0.15) is 0 Å². The van der Waals surface area contributed by atoms with Gasteiger partial charge in [-0.15, -0.1) is 0 Å². The van der Waals surface area contributed by atoms with Crippen molar-refractivity contribution < 1.29 is 0 Å². The van der Waals surface area contributed by atoms with E-state index >= 15 is 0 Å². The minimum absolute atomic E-state index is 0.708. The fraction of sp³-hybridized carbons (Fsp3) is 0.556. The third-order valence-corrected chi connectivity index (χ3v) is 2.76. The van der Waals surface area contributed by atoms with Crippen LogP contribution < -0.4 is 5.32 Å². The van der Waals surface area contributed by atoms with Crippen molar-refractivity contribution in [3.8, 4) is 0 Å². The molecule has 0 aromatic carbocycles. The van der Waals surface area contributed by atoms with Crippen molar-refractivity contribution in [3.63, 3.8) is 0 Å². The van der Waals surface area contributed by atoms with Crippen LogP contribution in [0.2, 0.25) is 4.59 Å². The van der Waals surface area contributed by atoms with Crippen LogP contribution >= 0.6 is 0 Å². The van der Waals surface area contributed by atoms with Crippen molar-refractivity contribution in [2.75, 3.05) is 6.54 Å². The van der Waals surface area contributed by atoms with Crippen LogP contribution in [0.4, 0.5) is 0 Å². The molecule has 1 aliphatic heterocycles. The normalized spacial score (nSPS) is 42.2. The third-order valence-electron chi connectivity index (χ3n) is 2.76. The van der Waals surface area contributed by atoms with Gasteiger partial charge in [0.15, 0.2) is 0 Å². The summed E-state index contributed by atoms with van der Waals surface area (Å²) in [5.41, 5.74) is 0. The van der Waals surface area contributed by atoms with Gasteiger partial charge < -0.3 is 0 Å². The third kappa shape index (κ3) is 1.47. The molecular weight excluding hydrogens is 129 g/mol. The van der Waals surface area contributed by atoms with E-state index in [0.717, 1.165) is 17.1 Å². The molecule has 0 aromatic rings. The van der Waals surface area contributed by atoms with Crippen LogP contribution in [-0.2, 0) is 0 Å². The summed E-state index contributed by atoms with van der Waals surface area (Å²) >= 11 is 2.30. The molecule has 2 heteroatoms. The molecule has 0 saturated heterocycles. The summed E-state index contributed by atoms with van der Waals surface area (Å²) in [5, 5.41) is 3.51. The molecule has 11 heavy (non-hydrogen) atoms. The first-order valence-electron chi connectivity index (χ1n) is 4.44. The van der Waals surface area contributed by atoms with Gasteiger partial charge in [0.2, 0.25) is 0 Å². The molecule has 1 nitrogen and oxygen atoms in total. The van der Waals surface area contributed by atoms with Crippen LogP contribution in [-0.4, -0.2) is 30.3 Å². The first kappa shape index (κ1) is 7.67. The van der Waals surface area contributed by atoms with E-state index in [4.69, 9.17) is 0 Å². The molecule has 1 aliphatic carbocycles. The van der Waals surface area contributed by atoms with E-state index in [-0.39, 0.29) is 0 Å². The zero-order chi connectivity index (χ0) is 7.68. The van der Waals surface area contributed by atoms with E-state index in [2.05, 4.69) is 47.3 Å². The predicted octanol–water partition coefficient (Wildman–Crippen LogP) is 1.05. The average molecular weight is 141 g/mol. The van der Waals surface area contributed by atoms with Crippen LogP contribution in [0.25, 0.3) is 0 Å². The van der Waals surface area contributed by atoms with Crippen molar-refractivity contribution in [1.29, 1.82) is 0 Å². The summed E-state index contributed by atoms with van der Waals surface area (Å²) in [6.07, 6.45) is 10.3. The molecule has 2 aliphatic rings. The summed E-state index contributed by atoms with van der Waals surface area (Å²) in [4.78, 5) is 0. The van der Waals surface area contributed by atoms with Crippen LogP contribution in [0, 0.1) is 5.92 Å². The van der Waals surface area contributed by atoms with E-state index in [0.29, 0.717) is 6.04 Å². The van der Waals surface area contributed by atoms with E-state index in [1.807, 2.05) is 0 Å². The van der Waals surface area contributed by atoms with Gasteiger partial charge in [-0.25, -0.2) is 0 Å². The Morgan fingerprint density at radius 1 is 1.27 bits per heavy atom. The van der Waals surface area contributed by atoms with Gasteiger partial charge in [-0.2, -0.15) is 0 Å². The molecule has 1 heterocycles. The maximum atomic E-state index is 3.51. The Balaban J connectivity index is 1.95. The van der Waals surface area contributed by atoms with Crippen molar-refractivity contribution >= 4 is 17.7 Å². The van der Waals surface area contributed by atoms with Crippen molar-refractivity contribution in [2.24, 2.45) is 5.92 Å². The molecule has 54 valence electrons. The molecule has 0 aromatic heterocycles. The Hall–Kier alpha value is 0.0374. The van der Waals surface area contributed by atoms with Crippen molar-refractivity contribution in [3.05, 3.63) is 24.3 Å². The van der Waals surface area contributed by atoms with Gasteiger partial charge >= 0.3 is 76.9 Å². The summed E-state index contributed by atoms with van der Waals surface area (Å²) < 4.78 is 0.791. The van der Waals surface area contributed by atoms with Crippen LogP contribution in [0.1, 0.15) is 6.42 Å². The number of hydrogen-bond acceptors (Lipinski definition) is 1. The molecular formula is C9H12LiN. The zero-order valence-electron chi connectivity index (χ0n) is 6.96. The molecule has 3 unspecified atom stereocenters. The fourth-order valence-electron chi connectivity index (χ4n) is 1.88. The van der Waals surface area contributed by atoms with Gasteiger partial charge in [-0.1, -0.05) is 0 Å². The zero-order valence-corrected chi connectivity index (χ0v) is 6.96. The van der Waals surface area contributed by atoms with E-state index in [1.54, 1.807) is 0 Å². The number of allylic oxidation sites excluding steroid dienone is 1. The summed E-state index contributed by atoms with van der Waals surface area (Å²) in [6.45, 7) is 1.06. The van der Waals surface area contributed by atoms with Crippen LogP contribution in [0.15, 0.2) is 24.3 Å². The summed E-state index contributed by atoms with van der Waals surface area (Å²) in [7, 11) is 0. The molecule has 1 N–H and O–H groups in total. The first-order chi connectivity index (χ1) is 5.38. The number of rotatable bonds is 1. The molecule has 0 radical (unpaired) electrons. The second-order valence-corrected chi connectivity index (χ2v) is 3.54. The van der Waals surface area contributed by atoms with Gasteiger partial charge in [0.25, 0.3) is 0 Å². The maximum absolute atomic E-state index is 3.51. The molecule has 0 spiro atoms. The Labute approximate surface area is 77.1 Å². The second kappa shape index (κ2) is 3.19. The Kier molecular flexibility index (Phi) is 2.22. The van der Waals surface area contributed by atoms with Gasteiger partial charge in [-0.05, 0) is 0 Å². The first-order valence-corrected chi connectivity index (χ1v) is 4.44. The summed E-state index contributed by atoms with van der Waals surface area (Å²) in [6, 6.07) is 0.708. The van der Waals surface area contributed by atoms with Crippen molar-refractivity contribution in [1.82, 2.24) is 5.32 Å². The number of nitrogens with one attached hydrogen (secondary N) is 1. The fourth-order valence-corrected chi connectivity index (χ4v) is 1.88. The minimum atomic E-state index is 0.708. The van der Waals surface area contributed by atoms with Crippen molar-refractivity contribution in [2.45, 2.75) is 17.1 Å². The van der Waals surface area contributed by atoms with Crippen LogP contribution in [0.5, 0.6) is 0 Å². The standard InChI is InChI=1S/C9H12N.Li/c1-2-7-10-9(6-1)8-4-3-5-8;/h1-5,8-10H,6-7H2;. The summed E-state index contributed by atoms with van der Waals surface area (Å²) in [5.74, 6) is 0.792. The number of hydrogen-bond donors (Lipinski definition) is 1. The topological polar surface area (TPSA) is 12.0 Å². The predicted molar refractivity (Wildman–Crippen MR) is 47.7 cm³/mol. The molecule has 0 fully saturated rings. The SMILES string of the molecule is [Li][CH]1C=CC1C1CC=CCN1. The quantitative estimate of drug-likeness (QED) is 0.425.